The maximum absolute atomic E-state index is 13.2. The molecule has 0 aromatic heterocycles. The minimum Gasteiger partial charge on any atom is -0.390 e. The predicted molar refractivity (Wildman–Crippen MR) is 83.0 cm³/mol. The molecule has 6 fully saturated rings. The summed E-state index contributed by atoms with van der Waals surface area (Å²) < 4.78 is 0. The highest BCUT2D eigenvalue weighted by atomic mass is 16.3. The van der Waals surface area contributed by atoms with Gasteiger partial charge >= 0.3 is 0 Å². The van der Waals surface area contributed by atoms with Crippen molar-refractivity contribution in [2.75, 3.05) is 0 Å². The Morgan fingerprint density at radius 3 is 2.48 bits per heavy atom. The van der Waals surface area contributed by atoms with Gasteiger partial charge in [0.25, 0.3) is 0 Å². The number of aliphatic hydroxyl groups is 1. The molecule has 1 aliphatic heterocycles. The number of carbonyl (C=O) groups is 1. The summed E-state index contributed by atoms with van der Waals surface area (Å²) in [6.45, 7) is 0. The Balaban J connectivity index is 1.42. The lowest BCUT2D eigenvalue weighted by Crippen LogP contribution is -2.65. The number of ketones is 1. The summed E-state index contributed by atoms with van der Waals surface area (Å²) in [5.74, 6) is 1.49. The van der Waals surface area contributed by atoms with E-state index in [1.807, 2.05) is 0 Å². The highest BCUT2D eigenvalue weighted by molar-refractivity contribution is 5.97. The molecular formula is C18H25N3O2. The molecule has 0 aromatic rings. The van der Waals surface area contributed by atoms with Gasteiger partial charge in [-0.3, -0.25) is 10.1 Å². The van der Waals surface area contributed by atoms with Crippen LogP contribution in [0.1, 0.15) is 51.4 Å². The summed E-state index contributed by atoms with van der Waals surface area (Å²) >= 11 is 0. The molecule has 0 aromatic carbocycles. The van der Waals surface area contributed by atoms with Crippen molar-refractivity contribution in [2.45, 2.75) is 74.6 Å². The van der Waals surface area contributed by atoms with Gasteiger partial charge in [-0.15, -0.1) is 0 Å². The van der Waals surface area contributed by atoms with E-state index >= 15 is 0 Å². The fourth-order valence-corrected chi connectivity index (χ4v) is 7.11. The zero-order valence-corrected chi connectivity index (χ0v) is 13.4. The van der Waals surface area contributed by atoms with E-state index in [2.05, 4.69) is 11.4 Å². The Morgan fingerprint density at radius 1 is 1.22 bits per heavy atom. The zero-order chi connectivity index (χ0) is 16.0. The summed E-state index contributed by atoms with van der Waals surface area (Å²) in [5.41, 5.74) is 5.26. The zero-order valence-electron chi connectivity index (χ0n) is 13.4. The quantitative estimate of drug-likeness (QED) is 0.717. The van der Waals surface area contributed by atoms with Gasteiger partial charge in [0.2, 0.25) is 0 Å². The third-order valence-corrected chi connectivity index (χ3v) is 7.67. The summed E-state index contributed by atoms with van der Waals surface area (Å²) in [7, 11) is 0. The predicted octanol–water partition coefficient (Wildman–Crippen LogP) is 0.858. The molecule has 5 nitrogen and oxygen atoms in total. The molecule has 0 spiro atoms. The number of nitrogens with one attached hydrogen (secondary N) is 1. The Morgan fingerprint density at radius 2 is 1.91 bits per heavy atom. The van der Waals surface area contributed by atoms with E-state index in [0.29, 0.717) is 24.2 Å². The summed E-state index contributed by atoms with van der Waals surface area (Å²) in [6.07, 6.45) is 7.31. The van der Waals surface area contributed by atoms with Crippen molar-refractivity contribution in [1.82, 2.24) is 5.32 Å². The van der Waals surface area contributed by atoms with Gasteiger partial charge in [-0.05, 0) is 74.5 Å². The molecule has 0 amide bonds. The Labute approximate surface area is 136 Å². The second kappa shape index (κ2) is 4.17. The van der Waals surface area contributed by atoms with E-state index in [9.17, 15) is 9.90 Å². The van der Waals surface area contributed by atoms with Crippen molar-refractivity contribution < 1.29 is 9.90 Å². The van der Waals surface area contributed by atoms with Crippen molar-refractivity contribution >= 4 is 5.78 Å². The first-order valence-corrected chi connectivity index (χ1v) is 9.08. The van der Waals surface area contributed by atoms with Crippen LogP contribution < -0.4 is 11.1 Å². The van der Waals surface area contributed by atoms with Crippen LogP contribution in [0.25, 0.3) is 0 Å². The van der Waals surface area contributed by atoms with Gasteiger partial charge in [0.05, 0.1) is 29.3 Å². The molecule has 23 heavy (non-hydrogen) atoms. The van der Waals surface area contributed by atoms with E-state index in [1.165, 1.54) is 6.42 Å². The van der Waals surface area contributed by atoms with E-state index in [-0.39, 0.29) is 17.2 Å². The number of nitriles is 1. The molecule has 2 unspecified atom stereocenters. The third-order valence-electron chi connectivity index (χ3n) is 7.67. The largest absolute Gasteiger partial charge is 0.390 e. The van der Waals surface area contributed by atoms with Crippen LogP contribution in [0.3, 0.4) is 0 Å². The fourth-order valence-electron chi connectivity index (χ4n) is 7.11. The number of rotatable bonds is 3. The SMILES string of the molecule is N#C[C@@H]1C[C@H]2C[C@]2(C(=O)[C@@H](N)C23CC4CC(CC(O)(C4)C2)C3)N1. The number of piperidine rings is 1. The molecule has 4 bridgehead atoms. The van der Waals surface area contributed by atoms with Gasteiger partial charge in [-0.1, -0.05) is 0 Å². The maximum Gasteiger partial charge on any atom is 0.170 e. The second-order valence-corrected chi connectivity index (χ2v) is 9.32. The smallest absolute Gasteiger partial charge is 0.170 e. The first-order chi connectivity index (χ1) is 10.9. The summed E-state index contributed by atoms with van der Waals surface area (Å²) in [6, 6.07) is 1.55. The van der Waals surface area contributed by atoms with Crippen LogP contribution >= 0.6 is 0 Å². The van der Waals surface area contributed by atoms with Crippen molar-refractivity contribution in [2.24, 2.45) is 28.9 Å². The first kappa shape index (κ1) is 14.4. The van der Waals surface area contributed by atoms with Gasteiger partial charge in [0, 0.05) is 0 Å². The average molecular weight is 315 g/mol. The number of fused-ring (bicyclic) bond motifs is 1. The highest BCUT2D eigenvalue weighted by Crippen LogP contribution is 2.64. The minimum atomic E-state index is -0.582. The number of Topliss-reactive ketones (excluding diaryl/α,β-unsaturated/α-hetero) is 1. The first-order valence-electron chi connectivity index (χ1n) is 9.08. The van der Waals surface area contributed by atoms with E-state index in [0.717, 1.165) is 38.5 Å². The Bertz CT molecular complexity index is 612. The number of carbonyl (C=O) groups excluding carboxylic acids is 1. The van der Waals surface area contributed by atoms with Crippen LogP contribution in [0.15, 0.2) is 0 Å². The molecule has 1 saturated heterocycles. The molecule has 5 heteroatoms. The van der Waals surface area contributed by atoms with E-state index < -0.39 is 17.2 Å². The number of nitrogens with two attached hydrogens (primary N) is 1. The highest BCUT2D eigenvalue weighted by Gasteiger charge is 2.69. The van der Waals surface area contributed by atoms with Gasteiger partial charge < -0.3 is 10.8 Å². The van der Waals surface area contributed by atoms with Crippen molar-refractivity contribution in [3.63, 3.8) is 0 Å². The van der Waals surface area contributed by atoms with Crippen LogP contribution in [0.2, 0.25) is 0 Å². The molecule has 0 radical (unpaired) electrons. The molecule has 5 saturated carbocycles. The standard InChI is InChI=1S/C18H25N3O2/c19-8-13-2-12-7-18(12,21-13)15(22)14(20)16-3-10-1-11(4-16)6-17(23,5-10)9-16/h10-14,21,23H,1-7,9,20H2/t10?,11?,12-,13-,14+,16?,17?,18-/m0/s1. The van der Waals surface area contributed by atoms with E-state index in [4.69, 9.17) is 11.0 Å². The molecule has 6 rings (SSSR count). The van der Waals surface area contributed by atoms with Crippen LogP contribution in [-0.4, -0.2) is 34.1 Å². The van der Waals surface area contributed by atoms with Crippen molar-refractivity contribution in [3.05, 3.63) is 0 Å². The number of nitrogens with zero attached hydrogens (tertiary/aromatic N) is 1. The molecule has 6 aliphatic rings. The summed E-state index contributed by atoms with van der Waals surface area (Å²) in [5, 5.41) is 23.3. The molecular weight excluding hydrogens is 290 g/mol. The van der Waals surface area contributed by atoms with Gasteiger partial charge in [-0.2, -0.15) is 5.26 Å². The lowest BCUT2D eigenvalue weighted by molar-refractivity contribution is -0.174. The molecule has 124 valence electrons. The van der Waals surface area contributed by atoms with Crippen LogP contribution in [0, 0.1) is 34.5 Å². The van der Waals surface area contributed by atoms with Gasteiger partial charge in [-0.25, -0.2) is 0 Å². The lowest BCUT2D eigenvalue weighted by Gasteiger charge is -2.61. The average Bonchev–Trinajstić information content (AvgIpc) is 3.05. The third kappa shape index (κ3) is 1.80. The molecule has 4 N–H and O–H groups in total. The summed E-state index contributed by atoms with van der Waals surface area (Å²) in [4.78, 5) is 13.2. The monoisotopic (exact) mass is 315 g/mol. The van der Waals surface area contributed by atoms with Crippen molar-refractivity contribution in [1.29, 1.82) is 5.26 Å². The normalized spacial score (nSPS) is 56.9. The molecule has 6 atom stereocenters. The number of hydrogen-bond donors (Lipinski definition) is 3. The van der Waals surface area contributed by atoms with Crippen molar-refractivity contribution in [3.8, 4) is 6.07 Å². The number of hydrogen-bond acceptors (Lipinski definition) is 5. The van der Waals surface area contributed by atoms with Crippen LogP contribution in [0.4, 0.5) is 0 Å². The fraction of sp³-hybridized carbons (Fsp3) is 0.889. The Hall–Kier alpha value is -0.960. The molecule has 1 heterocycles. The maximum atomic E-state index is 13.2. The Kier molecular flexibility index (Phi) is 2.61. The van der Waals surface area contributed by atoms with Crippen LogP contribution in [0.5, 0.6) is 0 Å². The second-order valence-electron chi connectivity index (χ2n) is 9.32. The lowest BCUT2D eigenvalue weighted by atomic mass is 9.45. The van der Waals surface area contributed by atoms with E-state index in [1.54, 1.807) is 0 Å². The van der Waals surface area contributed by atoms with Gasteiger partial charge in [0.1, 0.15) is 0 Å². The van der Waals surface area contributed by atoms with Gasteiger partial charge in [0.15, 0.2) is 5.78 Å². The minimum absolute atomic E-state index is 0.116. The molecule has 5 aliphatic carbocycles. The van der Waals surface area contributed by atoms with Crippen LogP contribution in [-0.2, 0) is 4.79 Å². The topological polar surface area (TPSA) is 99.1 Å².